The van der Waals surface area contributed by atoms with Crippen LogP contribution in [-0.2, 0) is 26.2 Å². The Hall–Kier alpha value is -0.830. The van der Waals surface area contributed by atoms with Gasteiger partial charge in [-0.25, -0.2) is 0 Å². The molecule has 2 aliphatic heterocycles. The first kappa shape index (κ1) is 30.4. The number of allylic oxidation sites excluding steroid dienone is 1. The van der Waals surface area contributed by atoms with Crippen molar-refractivity contribution in [1.29, 1.82) is 0 Å². The molecule has 3 heterocycles. The Bertz CT molecular complexity index is 1360. The fourth-order valence-electron chi connectivity index (χ4n) is 5.97. The van der Waals surface area contributed by atoms with Crippen LogP contribution in [0.25, 0.3) is 27.1 Å². The molecule has 0 amide bonds. The molecule has 181 valence electrons. The van der Waals surface area contributed by atoms with E-state index in [4.69, 9.17) is 0 Å². The number of fused-ring (bicyclic) bond motifs is 1. The maximum Gasteiger partial charge on any atom is 3.00 e. The summed E-state index contributed by atoms with van der Waals surface area (Å²) in [6, 6.07) is 22.5. The van der Waals surface area contributed by atoms with Gasteiger partial charge >= 0.3 is 26.2 Å². The van der Waals surface area contributed by atoms with E-state index in [1.54, 1.807) is 21.2 Å². The van der Waals surface area contributed by atoms with E-state index >= 15 is 0 Å². The zero-order valence-corrected chi connectivity index (χ0v) is 27.4. The predicted molar refractivity (Wildman–Crippen MR) is 146 cm³/mol. The first-order valence-electron chi connectivity index (χ1n) is 11.8. The zero-order chi connectivity index (χ0) is 22.8. The van der Waals surface area contributed by atoms with Crippen LogP contribution < -0.4 is 24.8 Å². The second-order valence-corrected chi connectivity index (χ2v) is 16.3. The van der Waals surface area contributed by atoms with Crippen molar-refractivity contribution in [2.45, 2.75) is 59.2 Å². The third kappa shape index (κ3) is 5.14. The van der Waals surface area contributed by atoms with Crippen molar-refractivity contribution in [2.75, 3.05) is 0 Å². The van der Waals surface area contributed by atoms with E-state index in [1.807, 2.05) is 11.3 Å². The van der Waals surface area contributed by atoms with Crippen LogP contribution in [0.4, 0.5) is 0 Å². The van der Waals surface area contributed by atoms with Gasteiger partial charge in [0.2, 0.25) is 0 Å². The Morgan fingerprint density at radius 3 is 2.11 bits per heavy atom. The van der Waals surface area contributed by atoms with Crippen molar-refractivity contribution >= 4 is 35.4 Å². The van der Waals surface area contributed by atoms with Gasteiger partial charge in [-0.3, -0.25) is 0 Å². The molecule has 7 rings (SSSR count). The van der Waals surface area contributed by atoms with Crippen LogP contribution in [0.1, 0.15) is 58.7 Å². The van der Waals surface area contributed by atoms with Gasteiger partial charge in [0.25, 0.3) is 0 Å². The number of halogens is 2. The summed E-state index contributed by atoms with van der Waals surface area (Å²) in [4.78, 5) is 3.19. The van der Waals surface area contributed by atoms with Crippen LogP contribution in [0.5, 0.6) is 0 Å². The molecule has 0 saturated heterocycles. The first-order valence-corrected chi connectivity index (χ1v) is 15.7. The second kappa shape index (κ2) is 11.3. The monoisotopic (exact) mass is 613 g/mol. The molecule has 4 aromatic rings. The largest absolute Gasteiger partial charge is 3.00 e. The molecule has 3 aliphatic rings. The Morgan fingerprint density at radius 1 is 0.886 bits per heavy atom. The molecule has 1 aliphatic carbocycles. The van der Waals surface area contributed by atoms with E-state index in [2.05, 4.69) is 108 Å². The molecule has 1 aromatic heterocycles. The number of thiophene rings is 1. The maximum atomic E-state index is 2.52. The minimum Gasteiger partial charge on any atom is -1.00 e. The molecule has 35 heavy (non-hydrogen) atoms. The Kier molecular flexibility index (Phi) is 9.79. The van der Waals surface area contributed by atoms with E-state index in [0.717, 1.165) is 5.54 Å². The van der Waals surface area contributed by atoms with Crippen LogP contribution in [0, 0.1) is 13.8 Å². The number of rotatable bonds is 2. The summed E-state index contributed by atoms with van der Waals surface area (Å²) >= 11 is 2.03. The van der Waals surface area contributed by atoms with Gasteiger partial charge in [0.15, 0.2) is 0 Å². The Morgan fingerprint density at radius 2 is 1.54 bits per heavy atom. The third-order valence-electron chi connectivity index (χ3n) is 7.39. The van der Waals surface area contributed by atoms with Gasteiger partial charge < -0.3 is 24.8 Å². The second-order valence-electron chi connectivity index (χ2n) is 10.5. The van der Waals surface area contributed by atoms with Gasteiger partial charge in [-0.1, -0.05) is 80.5 Å². The average Bonchev–Trinajstić information content (AvgIpc) is 3.41. The predicted octanol–water partition coefficient (Wildman–Crippen LogP) is 3.39. The SMILES string of the molecule is CC1=C2c3cc(C)sc3C1[Si]2(C)C.Cc1cc2c(-c3ccc(C(C)C)cc3)cccc2[cH-]1.[Cl-].[Cl-].[Zr+3]. The molecule has 0 saturated carbocycles. The van der Waals surface area contributed by atoms with Crippen molar-refractivity contribution < 1.29 is 51.0 Å². The first-order chi connectivity index (χ1) is 15.2. The molecule has 1 radical (unpaired) electrons. The summed E-state index contributed by atoms with van der Waals surface area (Å²) in [5.41, 5.74) is 9.58. The topological polar surface area (TPSA) is 0 Å². The molecule has 2 bridgehead atoms. The smallest absolute Gasteiger partial charge is 1.00 e. The zero-order valence-electron chi connectivity index (χ0n) is 21.6. The van der Waals surface area contributed by atoms with E-state index in [-0.39, 0.29) is 51.0 Å². The standard InChI is InChI=1S/C19H19.C11H14SSi.2ClH.Zr/c1-13(2)15-7-9-16(10-8-15)18-6-4-5-17-11-14(3)12-19(17)18;1-6-5-8-9(12-6)11-7(2)10(8)13(11,3)4;;;/h4-13H,1-3H3;5,11H,1-4H3;2*1H;/q-1;;;;+3/p-2. The van der Waals surface area contributed by atoms with Gasteiger partial charge in [-0.15, -0.1) is 45.9 Å². The third-order valence-corrected chi connectivity index (χ3v) is 12.8. The van der Waals surface area contributed by atoms with Crippen LogP contribution in [0.2, 0.25) is 13.1 Å². The van der Waals surface area contributed by atoms with Crippen LogP contribution in [-0.4, -0.2) is 8.07 Å². The van der Waals surface area contributed by atoms with Crippen molar-refractivity contribution in [3.8, 4) is 11.1 Å². The molecule has 3 aromatic carbocycles. The molecule has 0 spiro atoms. The van der Waals surface area contributed by atoms with Crippen molar-refractivity contribution in [2.24, 2.45) is 0 Å². The number of hydrogen-bond donors (Lipinski definition) is 0. The normalized spacial score (nSPS) is 16.4. The molecule has 0 fully saturated rings. The maximum absolute atomic E-state index is 2.52. The molecule has 5 heteroatoms. The summed E-state index contributed by atoms with van der Waals surface area (Å²) < 4.78 is 0. The van der Waals surface area contributed by atoms with Crippen LogP contribution in [0.3, 0.4) is 0 Å². The van der Waals surface area contributed by atoms with Crippen LogP contribution in [0.15, 0.2) is 66.2 Å². The van der Waals surface area contributed by atoms with Gasteiger partial charge in [-0.2, -0.15) is 6.07 Å². The van der Waals surface area contributed by atoms with Gasteiger partial charge in [0, 0.05) is 15.3 Å². The fourth-order valence-corrected chi connectivity index (χ4v) is 12.4. The molecule has 1 unspecified atom stereocenters. The van der Waals surface area contributed by atoms with Crippen LogP contribution >= 0.6 is 11.3 Å². The Labute approximate surface area is 247 Å². The van der Waals surface area contributed by atoms with Crippen molar-refractivity contribution in [3.05, 3.63) is 92.7 Å². The van der Waals surface area contributed by atoms with E-state index < -0.39 is 8.07 Å². The van der Waals surface area contributed by atoms with Crippen molar-refractivity contribution in [1.82, 2.24) is 0 Å². The summed E-state index contributed by atoms with van der Waals surface area (Å²) in [5, 5.41) is 4.47. The van der Waals surface area contributed by atoms with Gasteiger partial charge in [-0.05, 0) is 42.5 Å². The minimum absolute atomic E-state index is 0. The summed E-state index contributed by atoms with van der Waals surface area (Å²) in [6.07, 6.45) is 0. The molecule has 0 nitrogen and oxygen atoms in total. The van der Waals surface area contributed by atoms with Gasteiger partial charge in [0.1, 0.15) is 0 Å². The quantitative estimate of drug-likeness (QED) is 0.240. The minimum atomic E-state index is -0.995. The number of hydrogen-bond acceptors (Lipinski definition) is 1. The Balaban J connectivity index is 0.000000239. The van der Waals surface area contributed by atoms with Crippen molar-refractivity contribution in [3.63, 3.8) is 0 Å². The summed E-state index contributed by atoms with van der Waals surface area (Å²) in [7, 11) is -0.995. The van der Waals surface area contributed by atoms with E-state index in [1.165, 1.54) is 37.9 Å². The van der Waals surface area contributed by atoms with Gasteiger partial charge in [0.05, 0.1) is 8.07 Å². The molecular formula is C30H33Cl2SSiZr. The van der Waals surface area contributed by atoms with E-state index in [0.29, 0.717) is 5.92 Å². The number of aryl methyl sites for hydroxylation is 2. The molecule has 1 atom stereocenters. The summed E-state index contributed by atoms with van der Waals surface area (Å²) in [6.45, 7) is 16.2. The average molecular weight is 616 g/mol. The number of benzene rings is 2. The van der Waals surface area contributed by atoms with E-state index in [9.17, 15) is 0 Å². The molecular weight excluding hydrogens is 583 g/mol. The molecule has 0 N–H and O–H groups in total. The fraction of sp³-hybridized carbons (Fsp3) is 0.300. The summed E-state index contributed by atoms with van der Waals surface area (Å²) in [5.74, 6) is 0.589.